The van der Waals surface area contributed by atoms with Crippen molar-refractivity contribution in [3.63, 3.8) is 0 Å². The number of rotatable bonds is 8. The van der Waals surface area contributed by atoms with E-state index in [2.05, 4.69) is 23.6 Å². The molecule has 1 amide bonds. The van der Waals surface area contributed by atoms with E-state index in [9.17, 15) is 4.79 Å². The lowest BCUT2D eigenvalue weighted by Gasteiger charge is -2.18. The van der Waals surface area contributed by atoms with Crippen molar-refractivity contribution in [2.24, 2.45) is 0 Å². The molecule has 21 heavy (non-hydrogen) atoms. The van der Waals surface area contributed by atoms with Crippen LogP contribution in [0.4, 0.5) is 0 Å². The Kier molecular flexibility index (Phi) is 5.62. The molecule has 1 aliphatic carbocycles. The first-order chi connectivity index (χ1) is 10.1. The lowest BCUT2D eigenvalue weighted by atomic mass is 10.1. The van der Waals surface area contributed by atoms with E-state index in [1.54, 1.807) is 6.92 Å². The Morgan fingerprint density at radius 1 is 1.43 bits per heavy atom. The van der Waals surface area contributed by atoms with Crippen LogP contribution >= 0.6 is 0 Å². The van der Waals surface area contributed by atoms with Crippen molar-refractivity contribution in [3.05, 3.63) is 29.3 Å². The quantitative estimate of drug-likeness (QED) is 0.773. The van der Waals surface area contributed by atoms with Gasteiger partial charge in [-0.3, -0.25) is 4.79 Å². The van der Waals surface area contributed by atoms with Gasteiger partial charge in [0.1, 0.15) is 5.75 Å². The van der Waals surface area contributed by atoms with Crippen LogP contribution in [-0.4, -0.2) is 24.6 Å². The second kappa shape index (κ2) is 7.46. The van der Waals surface area contributed by atoms with Gasteiger partial charge < -0.3 is 15.4 Å². The van der Waals surface area contributed by atoms with E-state index in [1.807, 2.05) is 19.1 Å². The van der Waals surface area contributed by atoms with Crippen molar-refractivity contribution in [3.8, 4) is 5.75 Å². The van der Waals surface area contributed by atoms with E-state index in [1.165, 1.54) is 18.4 Å². The van der Waals surface area contributed by atoms with E-state index in [0.29, 0.717) is 12.6 Å². The molecule has 0 aromatic heterocycles. The van der Waals surface area contributed by atoms with E-state index in [4.69, 9.17) is 4.74 Å². The van der Waals surface area contributed by atoms with Crippen LogP contribution in [0.15, 0.2) is 18.2 Å². The zero-order chi connectivity index (χ0) is 15.2. The van der Waals surface area contributed by atoms with Crippen LogP contribution in [0, 0.1) is 6.92 Å². The molecule has 4 heteroatoms. The number of nitrogens with one attached hydrogen (secondary N) is 2. The summed E-state index contributed by atoms with van der Waals surface area (Å²) in [6.45, 7) is 7.39. The van der Waals surface area contributed by atoms with Crippen molar-refractivity contribution in [2.45, 2.75) is 58.7 Å². The molecule has 1 aromatic rings. The fraction of sp³-hybridized carbons (Fsp3) is 0.588. The lowest BCUT2D eigenvalue weighted by Crippen LogP contribution is -2.36. The first-order valence-electron chi connectivity index (χ1n) is 7.87. The number of hydrogen-bond donors (Lipinski definition) is 2. The van der Waals surface area contributed by atoms with E-state index in [-0.39, 0.29) is 5.91 Å². The first-order valence-corrected chi connectivity index (χ1v) is 7.87. The highest BCUT2D eigenvalue weighted by molar-refractivity contribution is 5.80. The molecule has 0 bridgehead atoms. The standard InChI is InChI=1S/C17H26N2O2/c1-4-9-18-17(20)13(3)21-16-8-5-12(2)10-14(16)11-19-15-6-7-15/h5,8,10,13,15,19H,4,6-7,9,11H2,1-3H3,(H,18,20). The smallest absolute Gasteiger partial charge is 0.260 e. The minimum atomic E-state index is -0.473. The van der Waals surface area contributed by atoms with Gasteiger partial charge in [0.15, 0.2) is 6.10 Å². The lowest BCUT2D eigenvalue weighted by molar-refractivity contribution is -0.127. The predicted molar refractivity (Wildman–Crippen MR) is 84.4 cm³/mol. The average Bonchev–Trinajstić information content (AvgIpc) is 3.29. The summed E-state index contributed by atoms with van der Waals surface area (Å²) in [4.78, 5) is 11.9. The van der Waals surface area contributed by atoms with Gasteiger partial charge in [-0.1, -0.05) is 24.6 Å². The van der Waals surface area contributed by atoms with Gasteiger partial charge in [-0.2, -0.15) is 0 Å². The van der Waals surface area contributed by atoms with E-state index in [0.717, 1.165) is 24.3 Å². The Balaban J connectivity index is 1.98. The van der Waals surface area contributed by atoms with Crippen LogP contribution < -0.4 is 15.4 Å². The second-order valence-electron chi connectivity index (χ2n) is 5.82. The van der Waals surface area contributed by atoms with Gasteiger partial charge in [0.2, 0.25) is 0 Å². The van der Waals surface area contributed by atoms with Gasteiger partial charge in [0.05, 0.1) is 0 Å². The maximum Gasteiger partial charge on any atom is 0.260 e. The molecule has 4 nitrogen and oxygen atoms in total. The molecule has 1 aliphatic rings. The molecule has 0 radical (unpaired) electrons. The molecule has 1 atom stereocenters. The van der Waals surface area contributed by atoms with Crippen molar-refractivity contribution < 1.29 is 9.53 Å². The normalized spacial score (nSPS) is 15.6. The number of benzene rings is 1. The minimum absolute atomic E-state index is 0.0569. The number of ether oxygens (including phenoxy) is 1. The van der Waals surface area contributed by atoms with E-state index >= 15 is 0 Å². The summed E-state index contributed by atoms with van der Waals surface area (Å²) in [5.41, 5.74) is 2.33. The fourth-order valence-corrected chi connectivity index (χ4v) is 2.14. The Labute approximate surface area is 127 Å². The van der Waals surface area contributed by atoms with Crippen LogP contribution in [-0.2, 0) is 11.3 Å². The molecule has 116 valence electrons. The zero-order valence-electron chi connectivity index (χ0n) is 13.2. The van der Waals surface area contributed by atoms with Crippen LogP contribution in [0.3, 0.4) is 0 Å². The number of hydrogen-bond acceptors (Lipinski definition) is 3. The van der Waals surface area contributed by atoms with Crippen LogP contribution in [0.5, 0.6) is 5.75 Å². The third kappa shape index (κ3) is 5.05. The molecule has 0 aliphatic heterocycles. The Morgan fingerprint density at radius 3 is 2.86 bits per heavy atom. The van der Waals surface area contributed by atoms with Crippen molar-refractivity contribution >= 4 is 5.91 Å². The number of carbonyl (C=O) groups excluding carboxylic acids is 1. The van der Waals surface area contributed by atoms with Crippen molar-refractivity contribution in [1.82, 2.24) is 10.6 Å². The van der Waals surface area contributed by atoms with Gasteiger partial charge in [0, 0.05) is 24.7 Å². The molecular formula is C17H26N2O2. The molecule has 0 heterocycles. The summed E-state index contributed by atoms with van der Waals surface area (Å²) in [7, 11) is 0. The highest BCUT2D eigenvalue weighted by atomic mass is 16.5. The van der Waals surface area contributed by atoms with Gasteiger partial charge >= 0.3 is 0 Å². The first kappa shape index (κ1) is 15.8. The summed E-state index contributed by atoms with van der Waals surface area (Å²) in [5.74, 6) is 0.742. The number of aryl methyl sites for hydroxylation is 1. The zero-order valence-corrected chi connectivity index (χ0v) is 13.2. The monoisotopic (exact) mass is 290 g/mol. The van der Waals surface area contributed by atoms with Crippen LogP contribution in [0.25, 0.3) is 0 Å². The summed E-state index contributed by atoms with van der Waals surface area (Å²) in [5, 5.41) is 6.36. The summed E-state index contributed by atoms with van der Waals surface area (Å²) in [6, 6.07) is 6.76. The Hall–Kier alpha value is -1.55. The fourth-order valence-electron chi connectivity index (χ4n) is 2.14. The Bertz CT molecular complexity index is 484. The van der Waals surface area contributed by atoms with Crippen molar-refractivity contribution in [2.75, 3.05) is 6.54 Å². The van der Waals surface area contributed by atoms with E-state index < -0.39 is 6.10 Å². The summed E-state index contributed by atoms with van der Waals surface area (Å²) < 4.78 is 5.86. The molecule has 0 spiro atoms. The van der Waals surface area contributed by atoms with Crippen LogP contribution in [0.2, 0.25) is 0 Å². The highest BCUT2D eigenvalue weighted by Crippen LogP contribution is 2.24. The highest BCUT2D eigenvalue weighted by Gasteiger charge is 2.21. The molecule has 0 saturated heterocycles. The Morgan fingerprint density at radius 2 is 2.19 bits per heavy atom. The molecule has 1 saturated carbocycles. The largest absolute Gasteiger partial charge is 0.481 e. The molecule has 2 rings (SSSR count). The molecule has 1 fully saturated rings. The predicted octanol–water partition coefficient (Wildman–Crippen LogP) is 2.54. The summed E-state index contributed by atoms with van der Waals surface area (Å²) >= 11 is 0. The maximum atomic E-state index is 11.9. The van der Waals surface area contributed by atoms with Gasteiger partial charge in [0.25, 0.3) is 5.91 Å². The molecular weight excluding hydrogens is 264 g/mol. The third-order valence-corrected chi connectivity index (χ3v) is 3.60. The number of amides is 1. The SMILES string of the molecule is CCCNC(=O)C(C)Oc1ccc(C)cc1CNC1CC1. The molecule has 1 aromatic carbocycles. The number of carbonyl (C=O) groups is 1. The maximum absolute atomic E-state index is 11.9. The second-order valence-corrected chi connectivity index (χ2v) is 5.82. The average molecular weight is 290 g/mol. The molecule has 1 unspecified atom stereocenters. The third-order valence-electron chi connectivity index (χ3n) is 3.60. The minimum Gasteiger partial charge on any atom is -0.481 e. The topological polar surface area (TPSA) is 50.4 Å². The summed E-state index contributed by atoms with van der Waals surface area (Å²) in [6.07, 6.45) is 2.98. The van der Waals surface area contributed by atoms with Crippen LogP contribution in [0.1, 0.15) is 44.2 Å². The van der Waals surface area contributed by atoms with Gasteiger partial charge in [-0.15, -0.1) is 0 Å². The van der Waals surface area contributed by atoms with Gasteiger partial charge in [-0.25, -0.2) is 0 Å². The van der Waals surface area contributed by atoms with Crippen molar-refractivity contribution in [1.29, 1.82) is 0 Å². The van der Waals surface area contributed by atoms with Gasteiger partial charge in [-0.05, 0) is 39.2 Å². The molecule has 2 N–H and O–H groups in total.